The SMILES string of the molecule is COc1ccc2cc(COc3ccc(C)cc3)ccc2c1. The van der Waals surface area contributed by atoms with E-state index in [1.54, 1.807) is 7.11 Å². The molecular weight excluding hydrogens is 260 g/mol. The molecule has 2 heteroatoms. The number of benzene rings is 3. The lowest BCUT2D eigenvalue weighted by atomic mass is 10.1. The zero-order valence-electron chi connectivity index (χ0n) is 12.3. The van der Waals surface area contributed by atoms with Gasteiger partial charge in [0.25, 0.3) is 0 Å². The van der Waals surface area contributed by atoms with Gasteiger partial charge in [-0.15, -0.1) is 0 Å². The highest BCUT2D eigenvalue weighted by Gasteiger charge is 2.00. The largest absolute Gasteiger partial charge is 0.497 e. The maximum atomic E-state index is 5.82. The zero-order chi connectivity index (χ0) is 14.7. The van der Waals surface area contributed by atoms with Crippen LogP contribution in [0.15, 0.2) is 60.7 Å². The molecule has 0 saturated carbocycles. The molecule has 3 aromatic rings. The van der Waals surface area contributed by atoms with Gasteiger partial charge in [-0.1, -0.05) is 35.9 Å². The normalized spacial score (nSPS) is 10.6. The van der Waals surface area contributed by atoms with Crippen molar-refractivity contribution in [1.29, 1.82) is 0 Å². The van der Waals surface area contributed by atoms with Gasteiger partial charge < -0.3 is 9.47 Å². The van der Waals surface area contributed by atoms with Crippen molar-refractivity contribution in [1.82, 2.24) is 0 Å². The van der Waals surface area contributed by atoms with Gasteiger partial charge >= 0.3 is 0 Å². The summed E-state index contributed by atoms with van der Waals surface area (Å²) in [6.45, 7) is 2.65. The quantitative estimate of drug-likeness (QED) is 0.686. The van der Waals surface area contributed by atoms with Gasteiger partial charge in [0.15, 0.2) is 0 Å². The van der Waals surface area contributed by atoms with E-state index >= 15 is 0 Å². The third-order valence-electron chi connectivity index (χ3n) is 3.54. The summed E-state index contributed by atoms with van der Waals surface area (Å²) in [5.74, 6) is 1.78. The summed E-state index contributed by atoms with van der Waals surface area (Å²) < 4.78 is 11.1. The first-order valence-electron chi connectivity index (χ1n) is 7.01. The van der Waals surface area contributed by atoms with Crippen molar-refractivity contribution < 1.29 is 9.47 Å². The van der Waals surface area contributed by atoms with Crippen LogP contribution in [0.5, 0.6) is 11.5 Å². The maximum Gasteiger partial charge on any atom is 0.119 e. The second kappa shape index (κ2) is 5.88. The Balaban J connectivity index is 1.76. The summed E-state index contributed by atoms with van der Waals surface area (Å²) in [5.41, 5.74) is 2.40. The summed E-state index contributed by atoms with van der Waals surface area (Å²) in [7, 11) is 1.69. The highest BCUT2D eigenvalue weighted by atomic mass is 16.5. The van der Waals surface area contributed by atoms with Crippen LogP contribution in [0, 0.1) is 6.92 Å². The van der Waals surface area contributed by atoms with Crippen molar-refractivity contribution in [3.05, 3.63) is 71.8 Å². The molecule has 0 amide bonds. The molecular formula is C19H18O2. The molecule has 3 aromatic carbocycles. The van der Waals surface area contributed by atoms with Crippen molar-refractivity contribution in [2.75, 3.05) is 7.11 Å². The Bertz CT molecular complexity index is 745. The fraction of sp³-hybridized carbons (Fsp3) is 0.158. The van der Waals surface area contributed by atoms with E-state index in [-0.39, 0.29) is 0 Å². The molecule has 0 unspecified atom stereocenters. The van der Waals surface area contributed by atoms with E-state index in [1.165, 1.54) is 16.3 Å². The van der Waals surface area contributed by atoms with Crippen LogP contribution in [-0.2, 0) is 6.61 Å². The monoisotopic (exact) mass is 278 g/mol. The topological polar surface area (TPSA) is 18.5 Å². The Morgan fingerprint density at radius 2 is 1.43 bits per heavy atom. The van der Waals surface area contributed by atoms with E-state index in [9.17, 15) is 0 Å². The summed E-state index contributed by atoms with van der Waals surface area (Å²) in [4.78, 5) is 0. The summed E-state index contributed by atoms with van der Waals surface area (Å²) >= 11 is 0. The Morgan fingerprint density at radius 3 is 2.19 bits per heavy atom. The minimum absolute atomic E-state index is 0.574. The number of hydrogen-bond acceptors (Lipinski definition) is 2. The van der Waals surface area contributed by atoms with Crippen LogP contribution >= 0.6 is 0 Å². The lowest BCUT2D eigenvalue weighted by molar-refractivity contribution is 0.306. The van der Waals surface area contributed by atoms with Crippen molar-refractivity contribution in [3.8, 4) is 11.5 Å². The van der Waals surface area contributed by atoms with Crippen LogP contribution in [0.1, 0.15) is 11.1 Å². The molecule has 0 aliphatic heterocycles. The number of hydrogen-bond donors (Lipinski definition) is 0. The molecule has 0 aliphatic carbocycles. The maximum absolute atomic E-state index is 5.82. The number of ether oxygens (including phenoxy) is 2. The average molecular weight is 278 g/mol. The van der Waals surface area contributed by atoms with E-state index in [1.807, 2.05) is 24.3 Å². The minimum atomic E-state index is 0.574. The first-order valence-corrected chi connectivity index (χ1v) is 7.01. The van der Waals surface area contributed by atoms with Crippen molar-refractivity contribution in [3.63, 3.8) is 0 Å². The summed E-state index contributed by atoms with van der Waals surface area (Å²) in [5, 5.41) is 2.37. The number of methoxy groups -OCH3 is 1. The molecule has 3 rings (SSSR count). The molecule has 0 saturated heterocycles. The lowest BCUT2D eigenvalue weighted by Gasteiger charge is -2.08. The predicted octanol–water partition coefficient (Wildman–Crippen LogP) is 4.74. The zero-order valence-corrected chi connectivity index (χ0v) is 12.3. The number of fused-ring (bicyclic) bond motifs is 1. The molecule has 106 valence electrons. The molecule has 21 heavy (non-hydrogen) atoms. The van der Waals surface area contributed by atoms with Gasteiger partial charge in [-0.05, 0) is 53.6 Å². The molecule has 0 spiro atoms. The molecule has 0 heterocycles. The van der Waals surface area contributed by atoms with Crippen LogP contribution in [0.2, 0.25) is 0 Å². The molecule has 0 aliphatic rings. The van der Waals surface area contributed by atoms with E-state index < -0.39 is 0 Å². The lowest BCUT2D eigenvalue weighted by Crippen LogP contribution is -1.95. The van der Waals surface area contributed by atoms with Gasteiger partial charge in [0.2, 0.25) is 0 Å². The van der Waals surface area contributed by atoms with Crippen molar-refractivity contribution >= 4 is 10.8 Å². The Hall–Kier alpha value is -2.48. The smallest absolute Gasteiger partial charge is 0.119 e. The van der Waals surface area contributed by atoms with Gasteiger partial charge in [0.05, 0.1) is 7.11 Å². The van der Waals surface area contributed by atoms with E-state index in [2.05, 4.69) is 43.3 Å². The van der Waals surface area contributed by atoms with E-state index in [0.717, 1.165) is 17.1 Å². The first kappa shape index (κ1) is 13.5. The Morgan fingerprint density at radius 1 is 0.762 bits per heavy atom. The van der Waals surface area contributed by atoms with Crippen LogP contribution in [0.25, 0.3) is 10.8 Å². The number of rotatable bonds is 4. The molecule has 0 bridgehead atoms. The minimum Gasteiger partial charge on any atom is -0.497 e. The van der Waals surface area contributed by atoms with Crippen LogP contribution in [0.4, 0.5) is 0 Å². The third kappa shape index (κ3) is 3.16. The van der Waals surface area contributed by atoms with Crippen LogP contribution in [0.3, 0.4) is 0 Å². The fourth-order valence-electron chi connectivity index (χ4n) is 2.29. The van der Waals surface area contributed by atoms with Crippen molar-refractivity contribution in [2.45, 2.75) is 13.5 Å². The fourth-order valence-corrected chi connectivity index (χ4v) is 2.29. The van der Waals surface area contributed by atoms with Gasteiger partial charge in [0, 0.05) is 0 Å². The standard InChI is InChI=1S/C19H18O2/c1-14-3-8-18(9-4-14)21-13-15-5-6-17-12-19(20-2)10-7-16(17)11-15/h3-12H,13H2,1-2H3. The van der Waals surface area contributed by atoms with Gasteiger partial charge in [-0.25, -0.2) is 0 Å². The number of aryl methyl sites for hydroxylation is 1. The average Bonchev–Trinajstić information content (AvgIpc) is 2.53. The third-order valence-corrected chi connectivity index (χ3v) is 3.54. The summed E-state index contributed by atoms with van der Waals surface area (Å²) in [6, 6.07) is 20.6. The van der Waals surface area contributed by atoms with E-state index in [0.29, 0.717) is 6.61 Å². The predicted molar refractivity (Wildman–Crippen MR) is 86.0 cm³/mol. The molecule has 2 nitrogen and oxygen atoms in total. The highest BCUT2D eigenvalue weighted by molar-refractivity contribution is 5.84. The molecule has 0 fully saturated rings. The second-order valence-corrected chi connectivity index (χ2v) is 5.15. The van der Waals surface area contributed by atoms with Crippen molar-refractivity contribution in [2.24, 2.45) is 0 Å². The van der Waals surface area contributed by atoms with Crippen LogP contribution in [-0.4, -0.2) is 7.11 Å². The molecule has 0 N–H and O–H groups in total. The highest BCUT2D eigenvalue weighted by Crippen LogP contribution is 2.22. The Kier molecular flexibility index (Phi) is 3.78. The van der Waals surface area contributed by atoms with Gasteiger partial charge in [-0.2, -0.15) is 0 Å². The second-order valence-electron chi connectivity index (χ2n) is 5.15. The molecule has 0 aromatic heterocycles. The van der Waals surface area contributed by atoms with E-state index in [4.69, 9.17) is 9.47 Å². The first-order chi connectivity index (χ1) is 10.2. The summed E-state index contributed by atoms with van der Waals surface area (Å²) in [6.07, 6.45) is 0. The molecule has 0 atom stereocenters. The molecule has 0 radical (unpaired) electrons. The Labute approximate surface area is 124 Å². The van der Waals surface area contributed by atoms with Gasteiger partial charge in [0.1, 0.15) is 18.1 Å². The van der Waals surface area contributed by atoms with Crippen LogP contribution < -0.4 is 9.47 Å². The van der Waals surface area contributed by atoms with Gasteiger partial charge in [-0.3, -0.25) is 0 Å².